The Kier molecular flexibility index (Phi) is 9.26. The quantitative estimate of drug-likeness (QED) is 0.251. The fourth-order valence-electron chi connectivity index (χ4n) is 2.62. The maximum Gasteiger partial charge on any atom is 0.466 e. The summed E-state index contributed by atoms with van der Waals surface area (Å²) in [6.45, 7) is 7.62. The molecule has 0 aliphatic heterocycles. The van der Waals surface area contributed by atoms with Gasteiger partial charge in [0, 0.05) is 18.5 Å². The molecule has 27 heavy (non-hydrogen) atoms. The first-order valence-corrected chi connectivity index (χ1v) is 10.2. The molecular weight excluding hydrogens is 379 g/mol. The van der Waals surface area contributed by atoms with Gasteiger partial charge in [-0.3, -0.25) is 4.79 Å². The van der Waals surface area contributed by atoms with Crippen LogP contribution in [0.4, 0.5) is 0 Å². The van der Waals surface area contributed by atoms with Crippen LogP contribution in [0.3, 0.4) is 0 Å². The largest absolute Gasteiger partial charge is 0.466 e. The van der Waals surface area contributed by atoms with E-state index in [1.165, 1.54) is 6.92 Å². The molecule has 6 N–H and O–H groups in total. The molecule has 1 rings (SSSR count). The molecule has 0 heterocycles. The third kappa shape index (κ3) is 11.2. The highest BCUT2D eigenvalue weighted by Gasteiger charge is 2.35. The average molecular weight is 413 g/mol. The van der Waals surface area contributed by atoms with E-state index in [4.69, 9.17) is 19.5 Å². The Morgan fingerprint density at radius 1 is 1.37 bits per heavy atom. The van der Waals surface area contributed by atoms with Gasteiger partial charge in [0.1, 0.15) is 0 Å². The maximum atomic E-state index is 12.0. The van der Waals surface area contributed by atoms with Crippen LogP contribution in [-0.4, -0.2) is 61.8 Å². The fraction of sp³-hybridized carbons (Fsp3) is 0.750. The lowest BCUT2D eigenvalue weighted by molar-refractivity contribution is -0.139. The molecule has 1 aliphatic carbocycles. The monoisotopic (exact) mass is 413 g/mol. The Hall–Kier alpha value is -1.29. The molecule has 11 heteroatoms. The maximum absolute atomic E-state index is 12.0. The van der Waals surface area contributed by atoms with Gasteiger partial charge in [-0.05, 0) is 32.3 Å². The highest BCUT2D eigenvalue weighted by Crippen LogP contribution is 2.26. The zero-order valence-electron chi connectivity index (χ0n) is 19.0. The molecular formula is C16H31N2O8P. The summed E-state index contributed by atoms with van der Waals surface area (Å²) in [5, 5.41) is 2.84. The number of nitrogens with two attached hydrogens (primary N) is 1. The van der Waals surface area contributed by atoms with E-state index in [1.54, 1.807) is 13.0 Å². The van der Waals surface area contributed by atoms with Crippen LogP contribution in [0.1, 0.15) is 47.0 Å². The molecule has 0 unspecified atom stereocenters. The van der Waals surface area contributed by atoms with Gasteiger partial charge >= 0.3 is 13.8 Å². The van der Waals surface area contributed by atoms with E-state index in [1.807, 2.05) is 13.8 Å². The molecule has 3 atom stereocenters. The molecule has 0 aromatic carbocycles. The molecule has 0 saturated carbocycles. The number of hydrogen-bond donors (Lipinski definition) is 5. The lowest BCUT2D eigenvalue weighted by atomic mass is 9.88. The summed E-state index contributed by atoms with van der Waals surface area (Å²) >= 11 is 0. The highest BCUT2D eigenvalue weighted by molar-refractivity contribution is 7.45. The topological polar surface area (TPSA) is 168 Å². The molecule has 0 fully saturated rings. The van der Waals surface area contributed by atoms with E-state index in [2.05, 4.69) is 20.0 Å². The van der Waals surface area contributed by atoms with Crippen molar-refractivity contribution in [2.45, 2.75) is 71.2 Å². The van der Waals surface area contributed by atoms with E-state index in [9.17, 15) is 14.2 Å². The van der Waals surface area contributed by atoms with Gasteiger partial charge in [-0.2, -0.15) is 0 Å². The Morgan fingerprint density at radius 3 is 2.37 bits per heavy atom. The molecule has 0 spiro atoms. The van der Waals surface area contributed by atoms with E-state index in [-0.39, 0.29) is 30.1 Å². The van der Waals surface area contributed by atoms with Gasteiger partial charge in [-0.1, -0.05) is 13.8 Å². The third-order valence-corrected chi connectivity index (χ3v) is 3.80. The molecule has 1 aliphatic rings. The van der Waals surface area contributed by atoms with Crippen molar-refractivity contribution in [1.29, 1.82) is 4.29 Å². The third-order valence-electron chi connectivity index (χ3n) is 3.80. The zero-order chi connectivity index (χ0) is 23.3. The number of rotatable bonds is 10. The summed E-state index contributed by atoms with van der Waals surface area (Å²) in [6, 6.07) is -0.719. The predicted octanol–water partition coefficient (Wildman–Crippen LogP) is 0.357. The van der Waals surface area contributed by atoms with Crippen LogP contribution in [0.2, 0.25) is 0 Å². The lowest BCUT2D eigenvalue weighted by Gasteiger charge is -2.36. The first-order valence-electron chi connectivity index (χ1n) is 9.94. The fourth-order valence-corrected chi connectivity index (χ4v) is 2.62. The molecule has 0 bridgehead atoms. The van der Waals surface area contributed by atoms with Gasteiger partial charge in [0.2, 0.25) is 10.2 Å². The Labute approximate surface area is 163 Å². The molecule has 0 aromatic heterocycles. The first kappa shape index (κ1) is 20.4. The summed E-state index contributed by atoms with van der Waals surface area (Å²) in [5.41, 5.74) is 6.68. The van der Waals surface area contributed by atoms with Crippen LogP contribution in [0.25, 0.3) is 0 Å². The number of carbonyl (C=O) groups excluding carboxylic acids is 2. The van der Waals surface area contributed by atoms with Crippen molar-refractivity contribution < 1.29 is 38.3 Å². The van der Waals surface area contributed by atoms with Crippen molar-refractivity contribution in [2.24, 2.45) is 5.73 Å². The second-order valence-electron chi connectivity index (χ2n) is 5.99. The van der Waals surface area contributed by atoms with Crippen molar-refractivity contribution >= 4 is 19.7 Å². The lowest BCUT2D eigenvalue weighted by Crippen LogP contribution is -2.57. The molecule has 158 valence electrons. The van der Waals surface area contributed by atoms with Crippen molar-refractivity contribution in [3.05, 3.63) is 11.6 Å². The van der Waals surface area contributed by atoms with Crippen molar-refractivity contribution in [3.63, 3.8) is 0 Å². The standard InChI is InChI=1S/C16H28N2O4.H3O4P/c1-5-12(6-2)22-14-9-11(16(20)21-7-3)8-13(17)15(14)18-10(4)19;1-5(2,3)4/h9,12-15H,5-8,17H2,1-4H3,(H,18,19);(H3,1,2,3,4)/t13-,14-,15-;/m1./s1/i/hD3. The Morgan fingerprint density at radius 2 is 1.96 bits per heavy atom. The Balaban J connectivity index is 0.000000890. The zero-order valence-corrected chi connectivity index (χ0v) is 16.9. The number of carbonyl (C=O) groups is 2. The SMILES string of the molecule is CCOC(=O)C1=C[C@@H](OC(CC)CC)[C@H](NC(C)=O)[C@H](N)C1.[2H]OP(=O)(O[2H])O[2H]. The van der Waals surface area contributed by atoms with Gasteiger partial charge in [-0.15, -0.1) is 0 Å². The number of esters is 1. The van der Waals surface area contributed by atoms with Crippen LogP contribution < -0.4 is 11.1 Å². The molecule has 0 aromatic rings. The molecule has 1 amide bonds. The van der Waals surface area contributed by atoms with Crippen LogP contribution in [0.5, 0.6) is 0 Å². The van der Waals surface area contributed by atoms with Crippen LogP contribution in [0.15, 0.2) is 11.6 Å². The van der Waals surface area contributed by atoms with Gasteiger partial charge in [0.15, 0.2) is 0 Å². The van der Waals surface area contributed by atoms with Gasteiger partial charge in [-0.25, -0.2) is 9.36 Å². The van der Waals surface area contributed by atoms with E-state index >= 15 is 0 Å². The van der Waals surface area contributed by atoms with Gasteiger partial charge in [0.25, 0.3) is 0 Å². The first-order chi connectivity index (χ1) is 14.1. The van der Waals surface area contributed by atoms with Crippen molar-refractivity contribution in [3.8, 4) is 0 Å². The number of ether oxygens (including phenoxy) is 2. The minimum absolute atomic E-state index is 0.0613. The molecule has 0 saturated heterocycles. The van der Waals surface area contributed by atoms with Gasteiger partial charge < -0.3 is 35.2 Å². The normalized spacial score (nSPS) is 23.9. The second-order valence-corrected chi connectivity index (χ2v) is 6.89. The van der Waals surface area contributed by atoms with E-state index in [0.29, 0.717) is 18.6 Å². The van der Waals surface area contributed by atoms with Crippen molar-refractivity contribution in [1.82, 2.24) is 5.32 Å². The van der Waals surface area contributed by atoms with E-state index in [0.717, 1.165) is 12.8 Å². The number of nitrogens with one attached hydrogen (secondary N) is 1. The van der Waals surface area contributed by atoms with Crippen LogP contribution >= 0.6 is 7.82 Å². The minimum Gasteiger partial charge on any atom is -0.463 e. The van der Waals surface area contributed by atoms with Crippen molar-refractivity contribution in [2.75, 3.05) is 6.61 Å². The minimum atomic E-state index is -4.16. The average Bonchev–Trinajstić information content (AvgIpc) is 2.73. The summed E-state index contributed by atoms with van der Waals surface area (Å²) < 4.78 is 38.9. The summed E-state index contributed by atoms with van der Waals surface area (Å²) in [7, 11) is -4.16. The number of amides is 1. The highest BCUT2D eigenvalue weighted by atomic mass is 31.2. The summed E-state index contributed by atoms with van der Waals surface area (Å²) in [6.07, 6.45) is 3.48. The Bertz CT molecular complexity index is 602. The molecule has 10 nitrogen and oxygen atoms in total. The summed E-state index contributed by atoms with van der Waals surface area (Å²) in [5.74, 6) is -0.524. The molecule has 0 radical (unpaired) electrons. The van der Waals surface area contributed by atoms with Gasteiger partial charge in [0.05, 0.1) is 24.9 Å². The van der Waals surface area contributed by atoms with Crippen LogP contribution in [0, 0.1) is 0 Å². The summed E-state index contributed by atoms with van der Waals surface area (Å²) in [4.78, 5) is 33.0. The smallest absolute Gasteiger partial charge is 0.463 e. The van der Waals surface area contributed by atoms with E-state index < -0.39 is 13.9 Å². The second kappa shape index (κ2) is 12.2. The predicted molar refractivity (Wildman–Crippen MR) is 98.4 cm³/mol. The van der Waals surface area contributed by atoms with Crippen LogP contribution in [-0.2, 0) is 23.6 Å². The number of phosphoric acid groups is 1. The number of hydrogen-bond acceptors (Lipinski definition) is 9.